The van der Waals surface area contributed by atoms with Crippen molar-refractivity contribution in [3.63, 3.8) is 0 Å². The summed E-state index contributed by atoms with van der Waals surface area (Å²) >= 11 is 0. The normalized spacial score (nSPS) is 10.4. The van der Waals surface area contributed by atoms with Crippen molar-refractivity contribution in [3.8, 4) is 22.6 Å². The zero-order valence-electron chi connectivity index (χ0n) is 18.1. The zero-order chi connectivity index (χ0) is 24.8. The molecule has 0 saturated heterocycles. The Balaban J connectivity index is 1.39. The minimum absolute atomic E-state index is 0.0417. The fraction of sp³-hybridized carbons (Fsp3) is 0.0400. The van der Waals surface area contributed by atoms with E-state index >= 15 is 0 Å². The first-order chi connectivity index (χ1) is 16.9. The number of furan rings is 1. The highest BCUT2D eigenvalue weighted by Crippen LogP contribution is 2.28. The first-order valence-corrected chi connectivity index (χ1v) is 10.3. The molecular weight excluding hydrogens is 454 g/mol. The fourth-order valence-corrected chi connectivity index (χ4v) is 3.24. The number of phenolic OH excluding ortho intramolecular Hbond substituents is 1. The number of benzene rings is 3. The Morgan fingerprint density at radius 2 is 1.66 bits per heavy atom. The van der Waals surface area contributed by atoms with E-state index in [9.17, 15) is 24.8 Å². The van der Waals surface area contributed by atoms with E-state index < -0.39 is 28.2 Å². The second-order valence-electron chi connectivity index (χ2n) is 7.33. The van der Waals surface area contributed by atoms with Crippen LogP contribution in [-0.4, -0.2) is 21.8 Å². The fourth-order valence-electron chi connectivity index (χ4n) is 3.24. The van der Waals surface area contributed by atoms with Crippen LogP contribution in [-0.2, 0) is 6.61 Å². The quantitative estimate of drug-likeness (QED) is 0.269. The van der Waals surface area contributed by atoms with Crippen LogP contribution in [0.2, 0.25) is 0 Å². The van der Waals surface area contributed by atoms with Gasteiger partial charge in [-0.05, 0) is 41.5 Å². The molecule has 4 aromatic rings. The Morgan fingerprint density at radius 3 is 2.37 bits per heavy atom. The molecule has 2 amide bonds. The van der Waals surface area contributed by atoms with Crippen LogP contribution in [0.1, 0.15) is 26.5 Å². The Labute approximate surface area is 198 Å². The second-order valence-corrected chi connectivity index (χ2v) is 7.33. The van der Waals surface area contributed by atoms with Crippen molar-refractivity contribution < 1.29 is 28.8 Å². The molecule has 0 saturated carbocycles. The predicted molar refractivity (Wildman–Crippen MR) is 125 cm³/mol. The number of nitrogens with one attached hydrogen (secondary N) is 2. The van der Waals surface area contributed by atoms with Crippen LogP contribution in [0.3, 0.4) is 0 Å². The third-order valence-corrected chi connectivity index (χ3v) is 5.01. The third kappa shape index (κ3) is 5.45. The largest absolute Gasteiger partial charge is 0.502 e. The first-order valence-electron chi connectivity index (χ1n) is 10.3. The molecule has 0 aliphatic carbocycles. The van der Waals surface area contributed by atoms with E-state index in [4.69, 9.17) is 9.15 Å². The van der Waals surface area contributed by atoms with Crippen molar-refractivity contribution in [1.82, 2.24) is 10.9 Å². The average molecular weight is 473 g/mol. The summed E-state index contributed by atoms with van der Waals surface area (Å²) in [5, 5.41) is 20.4. The molecule has 0 atom stereocenters. The smallest absolute Gasteiger partial charge is 0.311 e. The lowest BCUT2D eigenvalue weighted by molar-refractivity contribution is -0.385. The van der Waals surface area contributed by atoms with Gasteiger partial charge >= 0.3 is 11.6 Å². The number of hydrogen-bond donors (Lipinski definition) is 3. The first kappa shape index (κ1) is 23.1. The van der Waals surface area contributed by atoms with Gasteiger partial charge in [0, 0.05) is 17.2 Å². The second kappa shape index (κ2) is 10.2. The van der Waals surface area contributed by atoms with Gasteiger partial charge in [-0.15, -0.1) is 0 Å². The molecule has 0 bridgehead atoms. The number of nitro groups is 1. The van der Waals surface area contributed by atoms with Gasteiger partial charge in [0.2, 0.25) is 5.76 Å². The summed E-state index contributed by atoms with van der Waals surface area (Å²) in [4.78, 5) is 35.0. The van der Waals surface area contributed by atoms with Crippen molar-refractivity contribution in [2.75, 3.05) is 0 Å². The summed E-state index contributed by atoms with van der Waals surface area (Å²) in [6.07, 6.45) is 1.34. The molecule has 10 heteroatoms. The summed E-state index contributed by atoms with van der Waals surface area (Å²) in [6, 6.07) is 21.5. The number of hydrazine groups is 1. The molecule has 0 aliphatic heterocycles. The van der Waals surface area contributed by atoms with Gasteiger partial charge < -0.3 is 14.3 Å². The van der Waals surface area contributed by atoms with Crippen LogP contribution in [0.5, 0.6) is 11.5 Å². The van der Waals surface area contributed by atoms with Crippen LogP contribution >= 0.6 is 0 Å². The molecule has 10 nitrogen and oxygen atoms in total. The number of phenols is 1. The highest BCUT2D eigenvalue weighted by atomic mass is 16.6. The molecule has 4 rings (SSSR count). The minimum Gasteiger partial charge on any atom is -0.502 e. The number of amides is 2. The standard InChI is InChI=1S/C25H19N3O7/c29-22-11-8-18(14-21(22)28(32)33)24(30)26-27-25(31)23-20(12-13-34-23)17-6-9-19(10-7-17)35-15-16-4-2-1-3-5-16/h1-14,29H,15H2,(H,26,30)(H,27,31). The maximum atomic E-state index is 12.6. The van der Waals surface area contributed by atoms with Crippen LogP contribution in [0.4, 0.5) is 5.69 Å². The van der Waals surface area contributed by atoms with E-state index in [-0.39, 0.29) is 11.3 Å². The molecule has 176 valence electrons. The van der Waals surface area contributed by atoms with E-state index in [0.29, 0.717) is 23.5 Å². The summed E-state index contributed by atoms with van der Waals surface area (Å²) < 4.78 is 11.1. The number of nitrogens with zero attached hydrogens (tertiary/aromatic N) is 1. The zero-order valence-corrected chi connectivity index (χ0v) is 18.1. The van der Waals surface area contributed by atoms with E-state index in [0.717, 1.165) is 17.7 Å². The van der Waals surface area contributed by atoms with Crippen molar-refractivity contribution in [3.05, 3.63) is 112 Å². The minimum atomic E-state index is -0.822. The summed E-state index contributed by atoms with van der Waals surface area (Å²) in [6.45, 7) is 0.420. The maximum absolute atomic E-state index is 12.6. The van der Waals surface area contributed by atoms with Crippen molar-refractivity contribution in [2.24, 2.45) is 0 Å². The van der Waals surface area contributed by atoms with Crippen LogP contribution < -0.4 is 15.6 Å². The lowest BCUT2D eigenvalue weighted by atomic mass is 10.1. The van der Waals surface area contributed by atoms with Gasteiger partial charge in [0.1, 0.15) is 12.4 Å². The Morgan fingerprint density at radius 1 is 0.943 bits per heavy atom. The molecule has 3 aromatic carbocycles. The number of ether oxygens (including phenoxy) is 1. The highest BCUT2D eigenvalue weighted by Gasteiger charge is 2.20. The van der Waals surface area contributed by atoms with Crippen molar-refractivity contribution >= 4 is 17.5 Å². The van der Waals surface area contributed by atoms with E-state index in [1.807, 2.05) is 30.3 Å². The van der Waals surface area contributed by atoms with Crippen LogP contribution in [0.15, 0.2) is 89.5 Å². The summed E-state index contributed by atoms with van der Waals surface area (Å²) in [7, 11) is 0. The third-order valence-electron chi connectivity index (χ3n) is 5.01. The molecule has 1 heterocycles. The number of carbonyl (C=O) groups is 2. The summed E-state index contributed by atoms with van der Waals surface area (Å²) in [5.74, 6) is -1.50. The van der Waals surface area contributed by atoms with Gasteiger partial charge in [-0.25, -0.2) is 0 Å². The van der Waals surface area contributed by atoms with Gasteiger partial charge in [0.25, 0.3) is 5.91 Å². The number of rotatable bonds is 7. The molecular formula is C25H19N3O7. The number of carbonyl (C=O) groups excluding carboxylic acids is 2. The molecule has 0 spiro atoms. The van der Waals surface area contributed by atoms with Gasteiger partial charge in [-0.1, -0.05) is 42.5 Å². The number of aromatic hydroxyl groups is 1. The van der Waals surface area contributed by atoms with E-state index in [1.165, 1.54) is 12.3 Å². The predicted octanol–water partition coefficient (Wildman–Crippen LogP) is 4.21. The SMILES string of the molecule is O=C(NNC(=O)c1occc1-c1ccc(OCc2ccccc2)cc1)c1ccc(O)c([N+](=O)[O-])c1. The summed E-state index contributed by atoms with van der Waals surface area (Å²) in [5.41, 5.74) is 5.85. The Hall–Kier alpha value is -5.12. The monoisotopic (exact) mass is 473 g/mol. The lowest BCUT2D eigenvalue weighted by Crippen LogP contribution is -2.41. The Kier molecular flexibility index (Phi) is 6.73. The molecule has 3 N–H and O–H groups in total. The maximum Gasteiger partial charge on any atom is 0.311 e. The molecule has 35 heavy (non-hydrogen) atoms. The van der Waals surface area contributed by atoms with E-state index in [2.05, 4.69) is 10.9 Å². The van der Waals surface area contributed by atoms with Crippen molar-refractivity contribution in [1.29, 1.82) is 0 Å². The molecule has 1 aromatic heterocycles. The van der Waals surface area contributed by atoms with Gasteiger partial charge in [0.05, 0.1) is 11.2 Å². The van der Waals surface area contributed by atoms with Crippen LogP contribution in [0.25, 0.3) is 11.1 Å². The van der Waals surface area contributed by atoms with Gasteiger partial charge in [-0.3, -0.25) is 30.6 Å². The average Bonchev–Trinajstić information content (AvgIpc) is 3.37. The Bertz CT molecular complexity index is 1370. The number of hydrogen-bond acceptors (Lipinski definition) is 7. The molecule has 0 unspecified atom stereocenters. The topological polar surface area (TPSA) is 144 Å². The lowest BCUT2D eigenvalue weighted by Gasteiger charge is -2.09. The molecule has 0 fully saturated rings. The number of nitro benzene ring substituents is 1. The van der Waals surface area contributed by atoms with E-state index in [1.54, 1.807) is 30.3 Å². The van der Waals surface area contributed by atoms with Crippen LogP contribution in [0, 0.1) is 10.1 Å². The van der Waals surface area contributed by atoms with Gasteiger partial charge in [0.15, 0.2) is 5.75 Å². The van der Waals surface area contributed by atoms with Crippen molar-refractivity contribution in [2.45, 2.75) is 6.61 Å². The molecule has 0 radical (unpaired) electrons. The molecule has 0 aliphatic rings. The highest BCUT2D eigenvalue weighted by molar-refractivity contribution is 6.01. The van der Waals surface area contributed by atoms with Gasteiger partial charge in [-0.2, -0.15) is 0 Å².